The van der Waals surface area contributed by atoms with Crippen LogP contribution >= 0.6 is 11.6 Å². The van der Waals surface area contributed by atoms with E-state index in [4.69, 9.17) is 11.6 Å². The van der Waals surface area contributed by atoms with Gasteiger partial charge in [0.1, 0.15) is 5.69 Å². The van der Waals surface area contributed by atoms with Crippen molar-refractivity contribution in [1.82, 2.24) is 4.90 Å². The van der Waals surface area contributed by atoms with Crippen molar-refractivity contribution in [2.75, 3.05) is 54.4 Å². The average molecular weight is 534 g/mol. The van der Waals surface area contributed by atoms with Gasteiger partial charge >= 0.3 is 0 Å². The zero-order chi connectivity index (χ0) is 26.6. The highest BCUT2D eigenvalue weighted by molar-refractivity contribution is 6.30. The fourth-order valence-corrected chi connectivity index (χ4v) is 5.06. The molecular formula is C28H28ClN5O4. The van der Waals surface area contributed by atoms with Crippen molar-refractivity contribution in [3.63, 3.8) is 0 Å². The summed E-state index contributed by atoms with van der Waals surface area (Å²) in [5, 5.41) is 15.1. The van der Waals surface area contributed by atoms with Gasteiger partial charge in [-0.05, 0) is 73.5 Å². The highest BCUT2D eigenvalue weighted by Crippen LogP contribution is 2.32. The van der Waals surface area contributed by atoms with E-state index >= 15 is 0 Å². The smallest absolute Gasteiger partial charge is 0.293 e. The van der Waals surface area contributed by atoms with Crippen LogP contribution in [-0.4, -0.2) is 60.9 Å². The maximum Gasteiger partial charge on any atom is 0.293 e. The molecule has 3 aromatic rings. The van der Waals surface area contributed by atoms with Crippen LogP contribution in [0.15, 0.2) is 66.7 Å². The predicted octanol–water partition coefficient (Wildman–Crippen LogP) is 5.06. The fourth-order valence-electron chi connectivity index (χ4n) is 4.94. The Morgan fingerprint density at radius 1 is 0.789 bits per heavy atom. The van der Waals surface area contributed by atoms with E-state index in [1.165, 1.54) is 6.07 Å². The third-order valence-corrected chi connectivity index (χ3v) is 7.28. The molecular weight excluding hydrogens is 506 g/mol. The zero-order valence-electron chi connectivity index (χ0n) is 20.8. The molecule has 1 N–H and O–H groups in total. The second kappa shape index (κ2) is 11.1. The Balaban J connectivity index is 1.19. The number of hydrogen-bond acceptors (Lipinski definition) is 6. The van der Waals surface area contributed by atoms with Gasteiger partial charge in [0.15, 0.2) is 0 Å². The summed E-state index contributed by atoms with van der Waals surface area (Å²) in [5.41, 5.74) is 2.96. The van der Waals surface area contributed by atoms with Crippen molar-refractivity contribution in [3.05, 3.63) is 93.0 Å². The number of carbonyl (C=O) groups is 2. The standard InChI is InChI=1S/C28H28ClN5O4/c29-22-6-3-20(4-7-22)28(36)33-17-15-31(16-18-33)24-10-8-23(9-11-24)30-27(35)21-5-12-25(26(19-21)34(37)38)32-13-1-2-14-32/h3-12,19H,1-2,13-18H2,(H,30,35). The first kappa shape index (κ1) is 25.5. The molecule has 2 aliphatic heterocycles. The number of nitro benzene ring substituents is 1. The van der Waals surface area contributed by atoms with E-state index in [-0.39, 0.29) is 17.2 Å². The van der Waals surface area contributed by atoms with Crippen molar-refractivity contribution in [2.24, 2.45) is 0 Å². The summed E-state index contributed by atoms with van der Waals surface area (Å²) in [6.07, 6.45) is 2.01. The van der Waals surface area contributed by atoms with Crippen LogP contribution in [0.5, 0.6) is 0 Å². The van der Waals surface area contributed by atoms with E-state index in [2.05, 4.69) is 10.2 Å². The largest absolute Gasteiger partial charge is 0.368 e. The van der Waals surface area contributed by atoms with Gasteiger partial charge in [0.25, 0.3) is 17.5 Å². The first-order valence-corrected chi connectivity index (χ1v) is 13.0. The van der Waals surface area contributed by atoms with Crippen molar-refractivity contribution < 1.29 is 14.5 Å². The molecule has 5 rings (SSSR count). The molecule has 0 unspecified atom stereocenters. The molecule has 2 fully saturated rings. The number of piperazine rings is 1. The average Bonchev–Trinajstić information content (AvgIpc) is 3.48. The predicted molar refractivity (Wildman–Crippen MR) is 149 cm³/mol. The van der Waals surface area contributed by atoms with Crippen LogP contribution in [0.4, 0.5) is 22.7 Å². The number of hydrogen-bond donors (Lipinski definition) is 1. The Labute approximate surface area is 225 Å². The number of rotatable bonds is 6. The van der Waals surface area contributed by atoms with Gasteiger partial charge in [-0.15, -0.1) is 0 Å². The van der Waals surface area contributed by atoms with Crippen molar-refractivity contribution in [2.45, 2.75) is 12.8 Å². The molecule has 2 aliphatic rings. The molecule has 0 radical (unpaired) electrons. The molecule has 0 atom stereocenters. The first-order valence-electron chi connectivity index (χ1n) is 12.6. The van der Waals surface area contributed by atoms with E-state index in [0.717, 1.165) is 31.6 Å². The van der Waals surface area contributed by atoms with Gasteiger partial charge in [0.05, 0.1) is 4.92 Å². The highest BCUT2D eigenvalue weighted by Gasteiger charge is 2.25. The second-order valence-electron chi connectivity index (χ2n) is 9.44. The number of anilines is 3. The maximum atomic E-state index is 12.8. The van der Waals surface area contributed by atoms with Gasteiger partial charge in [-0.25, -0.2) is 0 Å². The second-order valence-corrected chi connectivity index (χ2v) is 9.88. The molecule has 38 heavy (non-hydrogen) atoms. The molecule has 2 amide bonds. The molecule has 0 aromatic heterocycles. The number of nitrogens with zero attached hydrogens (tertiary/aromatic N) is 4. The van der Waals surface area contributed by atoms with Crippen molar-refractivity contribution in [3.8, 4) is 0 Å². The Kier molecular flexibility index (Phi) is 7.46. The zero-order valence-corrected chi connectivity index (χ0v) is 21.6. The Bertz CT molecular complexity index is 1330. The molecule has 3 aromatic carbocycles. The molecule has 9 nitrogen and oxygen atoms in total. The van der Waals surface area contributed by atoms with Gasteiger partial charge < -0.3 is 20.0 Å². The van der Waals surface area contributed by atoms with Crippen LogP contribution in [0.2, 0.25) is 5.02 Å². The summed E-state index contributed by atoms with van der Waals surface area (Å²) in [5.74, 6) is -0.406. The summed E-state index contributed by atoms with van der Waals surface area (Å²) in [6.45, 7) is 4.16. The van der Waals surface area contributed by atoms with E-state index in [1.54, 1.807) is 36.4 Å². The van der Waals surface area contributed by atoms with Crippen LogP contribution in [0.1, 0.15) is 33.6 Å². The number of nitro groups is 1. The summed E-state index contributed by atoms with van der Waals surface area (Å²) >= 11 is 5.92. The lowest BCUT2D eigenvalue weighted by molar-refractivity contribution is -0.384. The molecule has 2 heterocycles. The quantitative estimate of drug-likeness (QED) is 0.351. The summed E-state index contributed by atoms with van der Waals surface area (Å²) < 4.78 is 0. The van der Waals surface area contributed by atoms with Crippen LogP contribution < -0.4 is 15.1 Å². The van der Waals surface area contributed by atoms with E-state index < -0.39 is 10.8 Å². The van der Waals surface area contributed by atoms with Gasteiger partial charge in [-0.3, -0.25) is 19.7 Å². The number of carbonyl (C=O) groups excluding carboxylic acids is 2. The van der Waals surface area contributed by atoms with E-state index in [1.807, 2.05) is 34.1 Å². The normalized spacial score (nSPS) is 15.4. The minimum Gasteiger partial charge on any atom is -0.368 e. The molecule has 10 heteroatoms. The van der Waals surface area contributed by atoms with E-state index in [9.17, 15) is 19.7 Å². The SMILES string of the molecule is O=C(Nc1ccc(N2CCN(C(=O)c3ccc(Cl)cc3)CC2)cc1)c1ccc(N2CCCC2)c([N+](=O)[O-])c1. The van der Waals surface area contributed by atoms with Crippen molar-refractivity contribution in [1.29, 1.82) is 0 Å². The van der Waals surface area contributed by atoms with Crippen molar-refractivity contribution >= 4 is 46.2 Å². The molecule has 196 valence electrons. The van der Waals surface area contributed by atoms with E-state index in [0.29, 0.717) is 48.1 Å². The van der Waals surface area contributed by atoms with Crippen LogP contribution in [0.25, 0.3) is 0 Å². The highest BCUT2D eigenvalue weighted by atomic mass is 35.5. The number of nitrogens with one attached hydrogen (secondary N) is 1. The minimum atomic E-state index is -0.429. The van der Waals surface area contributed by atoms with Crippen LogP contribution in [-0.2, 0) is 0 Å². The fraction of sp³-hybridized carbons (Fsp3) is 0.286. The lowest BCUT2D eigenvalue weighted by Crippen LogP contribution is -2.48. The molecule has 2 saturated heterocycles. The molecule has 0 saturated carbocycles. The Morgan fingerprint density at radius 2 is 1.42 bits per heavy atom. The lowest BCUT2D eigenvalue weighted by atomic mass is 10.1. The Morgan fingerprint density at radius 3 is 2.05 bits per heavy atom. The number of halogens is 1. The third kappa shape index (κ3) is 5.57. The molecule has 0 aliphatic carbocycles. The molecule has 0 bridgehead atoms. The van der Waals surface area contributed by atoms with Crippen LogP contribution in [0, 0.1) is 10.1 Å². The van der Waals surface area contributed by atoms with Crippen LogP contribution in [0.3, 0.4) is 0 Å². The minimum absolute atomic E-state index is 0.00641. The number of amides is 2. The van der Waals surface area contributed by atoms with Gasteiger partial charge in [-0.2, -0.15) is 0 Å². The van der Waals surface area contributed by atoms with Gasteiger partial charge in [0, 0.05) is 72.9 Å². The summed E-state index contributed by atoms with van der Waals surface area (Å²) in [4.78, 5) is 42.8. The van der Waals surface area contributed by atoms with Gasteiger partial charge in [0.2, 0.25) is 0 Å². The lowest BCUT2D eigenvalue weighted by Gasteiger charge is -2.36. The number of benzene rings is 3. The summed E-state index contributed by atoms with van der Waals surface area (Å²) in [7, 11) is 0. The summed E-state index contributed by atoms with van der Waals surface area (Å²) in [6, 6.07) is 19.0. The third-order valence-electron chi connectivity index (χ3n) is 7.03. The topological polar surface area (TPSA) is 99.0 Å². The Hall–Kier alpha value is -4.11. The monoisotopic (exact) mass is 533 g/mol. The first-order chi connectivity index (χ1) is 18.4. The maximum absolute atomic E-state index is 12.8. The molecule has 0 spiro atoms. The van der Waals surface area contributed by atoms with Gasteiger partial charge in [-0.1, -0.05) is 11.6 Å².